The number of hydrogen-bond acceptors (Lipinski definition) is 4. The van der Waals surface area contributed by atoms with Crippen LogP contribution in [0.1, 0.15) is 37.5 Å². The predicted octanol–water partition coefficient (Wildman–Crippen LogP) is 3.59. The Kier molecular flexibility index (Phi) is 6.17. The molecular weight excluding hydrogens is 402 g/mol. The summed E-state index contributed by atoms with van der Waals surface area (Å²) in [5.74, 6) is 1.91. The second kappa shape index (κ2) is 8.18. The Bertz CT molecular complexity index is 636. The Balaban J connectivity index is 1.39. The molecule has 2 bridgehead atoms. The molecule has 3 rings (SSSR count). The molecule has 1 heterocycles. The average molecular weight is 428 g/mol. The molecule has 138 valence electrons. The lowest BCUT2D eigenvalue weighted by Crippen LogP contribution is -2.48. The summed E-state index contributed by atoms with van der Waals surface area (Å²) in [6.45, 7) is 2.95. The van der Waals surface area contributed by atoms with E-state index < -0.39 is 0 Å². The minimum Gasteiger partial charge on any atom is -0.335 e. The van der Waals surface area contributed by atoms with E-state index in [1.165, 1.54) is 30.6 Å². The lowest BCUT2D eigenvalue weighted by Gasteiger charge is -2.28. The maximum Gasteiger partial charge on any atom is 0.321 e. The van der Waals surface area contributed by atoms with Gasteiger partial charge in [0.05, 0.1) is 6.54 Å². The number of nitrogens with one attached hydrogen (secondary N) is 2. The van der Waals surface area contributed by atoms with Gasteiger partial charge in [-0.2, -0.15) is 0 Å². The molecule has 0 spiro atoms. The fourth-order valence-electron chi connectivity index (χ4n) is 4.43. The van der Waals surface area contributed by atoms with E-state index in [9.17, 15) is 9.59 Å². The molecule has 2 N–H and O–H groups in total. The van der Waals surface area contributed by atoms with Crippen molar-refractivity contribution in [3.05, 3.63) is 20.8 Å². The molecular formula is C18H26BrN3O2S. The summed E-state index contributed by atoms with van der Waals surface area (Å²) in [6.07, 6.45) is 5.19. The molecule has 0 radical (unpaired) electrons. The van der Waals surface area contributed by atoms with Gasteiger partial charge in [-0.25, -0.2) is 4.79 Å². The third kappa shape index (κ3) is 5.05. The zero-order valence-corrected chi connectivity index (χ0v) is 17.2. The summed E-state index contributed by atoms with van der Waals surface area (Å²) in [5, 5.41) is 7.46. The molecule has 7 heteroatoms. The molecule has 2 saturated carbocycles. The summed E-state index contributed by atoms with van der Waals surface area (Å²) in [7, 11) is 1.88. The molecule has 0 aliphatic heterocycles. The van der Waals surface area contributed by atoms with Crippen LogP contribution in [0, 0.1) is 17.8 Å². The van der Waals surface area contributed by atoms with Crippen molar-refractivity contribution in [2.45, 2.75) is 45.2 Å². The molecule has 0 aromatic carbocycles. The predicted molar refractivity (Wildman–Crippen MR) is 103 cm³/mol. The quantitative estimate of drug-likeness (QED) is 0.728. The summed E-state index contributed by atoms with van der Waals surface area (Å²) in [4.78, 5) is 27.3. The molecule has 25 heavy (non-hydrogen) atoms. The Morgan fingerprint density at radius 1 is 1.40 bits per heavy atom. The average Bonchev–Trinajstić information content (AvgIpc) is 3.23. The molecule has 2 aliphatic carbocycles. The first-order valence-electron chi connectivity index (χ1n) is 8.92. The minimum atomic E-state index is -0.368. The van der Waals surface area contributed by atoms with Crippen LogP contribution >= 0.6 is 27.3 Å². The van der Waals surface area contributed by atoms with Gasteiger partial charge in [0.1, 0.15) is 0 Å². The third-order valence-electron chi connectivity index (χ3n) is 5.51. The molecule has 4 atom stereocenters. The second-order valence-electron chi connectivity index (χ2n) is 7.55. The van der Waals surface area contributed by atoms with E-state index in [-0.39, 0.29) is 24.5 Å². The fourth-order valence-corrected chi connectivity index (χ4v) is 5.96. The minimum absolute atomic E-state index is 0.129. The van der Waals surface area contributed by atoms with Gasteiger partial charge in [-0.15, -0.1) is 11.3 Å². The largest absolute Gasteiger partial charge is 0.335 e. The van der Waals surface area contributed by atoms with E-state index in [1.54, 1.807) is 11.3 Å². The number of urea groups is 1. The molecule has 0 saturated heterocycles. The summed E-state index contributed by atoms with van der Waals surface area (Å²) >= 11 is 5.08. The highest BCUT2D eigenvalue weighted by Gasteiger charge is 2.42. The number of fused-ring (bicyclic) bond motifs is 2. The van der Waals surface area contributed by atoms with Crippen molar-refractivity contribution >= 4 is 39.2 Å². The molecule has 2 fully saturated rings. The zero-order valence-electron chi connectivity index (χ0n) is 14.8. The van der Waals surface area contributed by atoms with E-state index in [2.05, 4.69) is 33.5 Å². The lowest BCUT2D eigenvalue weighted by molar-refractivity contribution is -0.121. The van der Waals surface area contributed by atoms with Crippen LogP contribution in [0.5, 0.6) is 0 Å². The van der Waals surface area contributed by atoms with E-state index >= 15 is 0 Å². The van der Waals surface area contributed by atoms with Crippen LogP contribution in [0.3, 0.4) is 0 Å². The Hall–Kier alpha value is -0.920. The van der Waals surface area contributed by atoms with Crippen LogP contribution in [0.2, 0.25) is 0 Å². The Labute approximate surface area is 161 Å². The third-order valence-corrected chi connectivity index (χ3v) is 7.19. The molecule has 3 amide bonds. The van der Waals surface area contributed by atoms with Crippen molar-refractivity contribution in [3.63, 3.8) is 0 Å². The van der Waals surface area contributed by atoms with Crippen molar-refractivity contribution in [2.75, 3.05) is 13.6 Å². The van der Waals surface area contributed by atoms with Crippen LogP contribution in [0.4, 0.5) is 4.79 Å². The number of carbonyl (C=O) groups excluding carboxylic acids is 2. The summed E-state index contributed by atoms with van der Waals surface area (Å²) in [6, 6.07) is 1.81. The van der Waals surface area contributed by atoms with E-state index in [1.807, 2.05) is 23.4 Å². The normalized spacial score (nSPS) is 26.0. The number of imide groups is 1. The first-order chi connectivity index (χ1) is 11.9. The van der Waals surface area contributed by atoms with Crippen molar-refractivity contribution in [2.24, 2.45) is 17.8 Å². The molecule has 1 aromatic rings. The number of halogens is 1. The van der Waals surface area contributed by atoms with Crippen LogP contribution in [0.25, 0.3) is 0 Å². The van der Waals surface area contributed by atoms with Gasteiger partial charge >= 0.3 is 6.03 Å². The first-order valence-corrected chi connectivity index (χ1v) is 10.6. The number of amides is 3. The van der Waals surface area contributed by atoms with E-state index in [0.717, 1.165) is 16.3 Å². The highest BCUT2D eigenvalue weighted by molar-refractivity contribution is 9.10. The SMILES string of the molecule is CC(NC(=O)NC(=O)CN(C)Cc1cc(Br)cs1)C1CC2CCC1C2. The lowest BCUT2D eigenvalue weighted by atomic mass is 9.84. The van der Waals surface area contributed by atoms with Gasteiger partial charge in [0.2, 0.25) is 5.91 Å². The topological polar surface area (TPSA) is 61.4 Å². The monoisotopic (exact) mass is 427 g/mol. The van der Waals surface area contributed by atoms with E-state index in [4.69, 9.17) is 0 Å². The van der Waals surface area contributed by atoms with Crippen LogP contribution in [-0.2, 0) is 11.3 Å². The number of thiophene rings is 1. The van der Waals surface area contributed by atoms with Gasteiger partial charge in [-0.05, 0) is 73.0 Å². The highest BCUT2D eigenvalue weighted by atomic mass is 79.9. The Morgan fingerprint density at radius 3 is 2.80 bits per heavy atom. The molecule has 5 nitrogen and oxygen atoms in total. The maximum absolute atomic E-state index is 12.1. The van der Waals surface area contributed by atoms with Gasteiger partial charge in [-0.1, -0.05) is 6.42 Å². The van der Waals surface area contributed by atoms with Crippen molar-refractivity contribution in [1.29, 1.82) is 0 Å². The zero-order chi connectivity index (χ0) is 18.0. The van der Waals surface area contributed by atoms with Crippen LogP contribution < -0.4 is 10.6 Å². The van der Waals surface area contributed by atoms with Gasteiger partial charge in [0.25, 0.3) is 0 Å². The van der Waals surface area contributed by atoms with Crippen molar-refractivity contribution in [1.82, 2.24) is 15.5 Å². The van der Waals surface area contributed by atoms with Crippen molar-refractivity contribution in [3.8, 4) is 0 Å². The summed E-state index contributed by atoms with van der Waals surface area (Å²) < 4.78 is 1.05. The highest BCUT2D eigenvalue weighted by Crippen LogP contribution is 2.49. The van der Waals surface area contributed by atoms with Crippen LogP contribution in [0.15, 0.2) is 15.9 Å². The molecule has 1 aromatic heterocycles. The van der Waals surface area contributed by atoms with Gasteiger partial charge < -0.3 is 5.32 Å². The second-order valence-corrected chi connectivity index (χ2v) is 9.46. The number of hydrogen-bond donors (Lipinski definition) is 2. The van der Waals surface area contributed by atoms with E-state index in [0.29, 0.717) is 12.5 Å². The number of nitrogens with zero attached hydrogens (tertiary/aromatic N) is 1. The smallest absolute Gasteiger partial charge is 0.321 e. The van der Waals surface area contributed by atoms with Gasteiger partial charge in [0.15, 0.2) is 0 Å². The number of likely N-dealkylation sites (N-methyl/N-ethyl adjacent to an activating group) is 1. The fraction of sp³-hybridized carbons (Fsp3) is 0.667. The standard InChI is InChI=1S/C18H26BrN3O2S/c1-11(16-6-12-3-4-13(16)5-12)20-18(24)21-17(23)9-22(2)8-15-7-14(19)10-25-15/h7,10-13,16H,3-6,8-9H2,1-2H3,(H2,20,21,23,24). The first kappa shape index (κ1) is 18.9. The molecule has 2 aliphatic rings. The van der Waals surface area contributed by atoms with Gasteiger partial charge in [-0.3, -0.25) is 15.0 Å². The van der Waals surface area contributed by atoms with Crippen molar-refractivity contribution < 1.29 is 9.59 Å². The summed E-state index contributed by atoms with van der Waals surface area (Å²) in [5.41, 5.74) is 0. The Morgan fingerprint density at radius 2 is 2.20 bits per heavy atom. The van der Waals surface area contributed by atoms with Gasteiger partial charge in [0, 0.05) is 27.3 Å². The number of rotatable bonds is 6. The maximum atomic E-state index is 12.1. The van der Waals surface area contributed by atoms with Crippen LogP contribution in [-0.4, -0.2) is 36.5 Å². The molecule has 4 unspecified atom stereocenters. The number of carbonyl (C=O) groups is 2.